The van der Waals surface area contributed by atoms with Crippen LogP contribution >= 0.6 is 0 Å². The number of rotatable bonds is 3. The lowest BCUT2D eigenvalue weighted by Crippen LogP contribution is -2.57. The summed E-state index contributed by atoms with van der Waals surface area (Å²) in [6.07, 6.45) is 0. The van der Waals surface area contributed by atoms with Gasteiger partial charge in [-0.25, -0.2) is 8.42 Å². The average molecular weight is 295 g/mol. The van der Waals surface area contributed by atoms with Crippen LogP contribution in [0.4, 0.5) is 0 Å². The molecule has 110 valence electrons. The first-order chi connectivity index (χ1) is 9.26. The smallest absolute Gasteiger partial charge is 0.254 e. The fourth-order valence-electron chi connectivity index (χ4n) is 2.74. The number of hydrogen-bond donors (Lipinski definition) is 0. The SMILES string of the molecule is CCS(=O)(=O)C1CN(C(=O)c2c(C)cc(C)cc2C)C1. The highest BCUT2D eigenvalue weighted by Crippen LogP contribution is 2.24. The van der Waals surface area contributed by atoms with E-state index in [0.717, 1.165) is 16.7 Å². The van der Waals surface area contributed by atoms with E-state index in [2.05, 4.69) is 0 Å². The minimum absolute atomic E-state index is 0.0532. The molecule has 4 nitrogen and oxygen atoms in total. The Labute approximate surface area is 120 Å². The fourth-order valence-corrected chi connectivity index (χ4v) is 4.03. The minimum Gasteiger partial charge on any atom is -0.336 e. The molecule has 1 aliphatic heterocycles. The van der Waals surface area contributed by atoms with E-state index in [1.807, 2.05) is 32.9 Å². The van der Waals surface area contributed by atoms with Crippen molar-refractivity contribution in [2.75, 3.05) is 18.8 Å². The summed E-state index contributed by atoms with van der Waals surface area (Å²) in [5.41, 5.74) is 3.75. The Kier molecular flexibility index (Phi) is 3.91. The maximum absolute atomic E-state index is 12.5. The number of hydrogen-bond acceptors (Lipinski definition) is 3. The van der Waals surface area contributed by atoms with E-state index in [1.165, 1.54) is 0 Å². The molecule has 0 spiro atoms. The molecule has 1 amide bonds. The van der Waals surface area contributed by atoms with Gasteiger partial charge in [-0.15, -0.1) is 0 Å². The zero-order valence-electron chi connectivity index (χ0n) is 12.4. The van der Waals surface area contributed by atoms with Crippen molar-refractivity contribution in [1.82, 2.24) is 4.90 Å². The highest BCUT2D eigenvalue weighted by Gasteiger charge is 2.39. The van der Waals surface area contributed by atoms with E-state index in [1.54, 1.807) is 11.8 Å². The summed E-state index contributed by atoms with van der Waals surface area (Å²) in [6.45, 7) is 8.14. The predicted molar refractivity (Wildman–Crippen MR) is 79.8 cm³/mol. The van der Waals surface area contributed by atoms with Crippen molar-refractivity contribution < 1.29 is 13.2 Å². The second-order valence-electron chi connectivity index (χ2n) is 5.56. The highest BCUT2D eigenvalue weighted by molar-refractivity contribution is 7.92. The molecule has 0 unspecified atom stereocenters. The quantitative estimate of drug-likeness (QED) is 0.855. The van der Waals surface area contributed by atoms with Gasteiger partial charge in [0.05, 0.1) is 5.25 Å². The standard InChI is InChI=1S/C15H21NO3S/c1-5-20(18,19)13-8-16(9-13)15(17)14-11(3)6-10(2)7-12(14)4/h6-7,13H,5,8-9H2,1-4H3. The average Bonchev–Trinajstić information content (AvgIpc) is 2.24. The molecule has 0 N–H and O–H groups in total. The molecule has 0 atom stereocenters. The Bertz CT molecular complexity index is 620. The van der Waals surface area contributed by atoms with Crippen LogP contribution in [0, 0.1) is 20.8 Å². The van der Waals surface area contributed by atoms with Crippen LogP contribution in [-0.2, 0) is 9.84 Å². The molecule has 0 aromatic heterocycles. The van der Waals surface area contributed by atoms with Crippen molar-refractivity contribution in [2.24, 2.45) is 0 Å². The van der Waals surface area contributed by atoms with Gasteiger partial charge >= 0.3 is 0 Å². The molecule has 0 saturated carbocycles. The zero-order valence-corrected chi connectivity index (χ0v) is 13.3. The number of sulfone groups is 1. The maximum Gasteiger partial charge on any atom is 0.254 e. The van der Waals surface area contributed by atoms with Gasteiger partial charge in [0, 0.05) is 24.4 Å². The summed E-state index contributed by atoms with van der Waals surface area (Å²) in [5, 5.41) is -0.387. The summed E-state index contributed by atoms with van der Waals surface area (Å²) >= 11 is 0. The summed E-state index contributed by atoms with van der Waals surface area (Å²) in [5.74, 6) is 0.0880. The van der Waals surface area contributed by atoms with Crippen molar-refractivity contribution in [3.63, 3.8) is 0 Å². The van der Waals surface area contributed by atoms with Gasteiger partial charge in [-0.05, 0) is 31.9 Å². The summed E-state index contributed by atoms with van der Waals surface area (Å²) in [7, 11) is -3.03. The summed E-state index contributed by atoms with van der Waals surface area (Å²) < 4.78 is 23.5. The van der Waals surface area contributed by atoms with Crippen LogP contribution in [0.25, 0.3) is 0 Å². The Morgan fingerprint density at radius 3 is 2.15 bits per heavy atom. The van der Waals surface area contributed by atoms with Crippen LogP contribution in [0.2, 0.25) is 0 Å². The molecule has 1 aromatic rings. The van der Waals surface area contributed by atoms with Gasteiger partial charge in [-0.2, -0.15) is 0 Å². The van der Waals surface area contributed by atoms with Gasteiger partial charge in [0.15, 0.2) is 9.84 Å². The van der Waals surface area contributed by atoms with Crippen molar-refractivity contribution in [1.29, 1.82) is 0 Å². The van der Waals surface area contributed by atoms with E-state index in [4.69, 9.17) is 0 Å². The third kappa shape index (κ3) is 2.59. The molecule has 1 heterocycles. The van der Waals surface area contributed by atoms with Gasteiger partial charge < -0.3 is 4.90 Å². The second kappa shape index (κ2) is 5.20. The van der Waals surface area contributed by atoms with Crippen molar-refractivity contribution >= 4 is 15.7 Å². The number of nitrogens with zero attached hydrogens (tertiary/aromatic N) is 1. The number of likely N-dealkylation sites (tertiary alicyclic amines) is 1. The topological polar surface area (TPSA) is 54.5 Å². The van der Waals surface area contributed by atoms with E-state index in [0.29, 0.717) is 18.7 Å². The normalized spacial score (nSPS) is 16.1. The molecule has 0 bridgehead atoms. The molecule has 0 aliphatic carbocycles. The third-order valence-electron chi connectivity index (χ3n) is 3.94. The van der Waals surface area contributed by atoms with Crippen LogP contribution in [0.5, 0.6) is 0 Å². The number of carbonyl (C=O) groups excluding carboxylic acids is 1. The maximum atomic E-state index is 12.5. The van der Waals surface area contributed by atoms with E-state index in [9.17, 15) is 13.2 Å². The van der Waals surface area contributed by atoms with E-state index in [-0.39, 0.29) is 16.9 Å². The van der Waals surface area contributed by atoms with Gasteiger partial charge in [0.1, 0.15) is 0 Å². The molecule has 20 heavy (non-hydrogen) atoms. The van der Waals surface area contributed by atoms with Gasteiger partial charge in [-0.1, -0.05) is 24.6 Å². The van der Waals surface area contributed by atoms with Gasteiger partial charge in [0.25, 0.3) is 5.91 Å². The van der Waals surface area contributed by atoms with E-state index < -0.39 is 9.84 Å². The summed E-state index contributed by atoms with van der Waals surface area (Å²) in [4.78, 5) is 14.1. The first-order valence-electron chi connectivity index (χ1n) is 6.85. The monoisotopic (exact) mass is 295 g/mol. The van der Waals surface area contributed by atoms with Crippen molar-refractivity contribution in [3.8, 4) is 0 Å². The Hall–Kier alpha value is -1.36. The molecule has 1 fully saturated rings. The first kappa shape index (κ1) is 15.0. The fraction of sp³-hybridized carbons (Fsp3) is 0.533. The number of amides is 1. The van der Waals surface area contributed by atoms with Crippen LogP contribution in [0.3, 0.4) is 0 Å². The summed E-state index contributed by atoms with van der Waals surface area (Å²) in [6, 6.07) is 3.97. The molecule has 0 radical (unpaired) electrons. The Balaban J connectivity index is 2.16. The Morgan fingerprint density at radius 2 is 1.70 bits per heavy atom. The first-order valence-corrected chi connectivity index (χ1v) is 8.56. The Morgan fingerprint density at radius 1 is 1.20 bits per heavy atom. The molecule has 1 saturated heterocycles. The number of carbonyl (C=O) groups is 1. The highest BCUT2D eigenvalue weighted by atomic mass is 32.2. The van der Waals surface area contributed by atoms with Gasteiger partial charge in [0.2, 0.25) is 0 Å². The molecule has 2 rings (SSSR count). The largest absolute Gasteiger partial charge is 0.336 e. The van der Waals surface area contributed by atoms with Crippen molar-refractivity contribution in [2.45, 2.75) is 32.9 Å². The second-order valence-corrected chi connectivity index (χ2v) is 8.13. The minimum atomic E-state index is -3.03. The van der Waals surface area contributed by atoms with Crippen LogP contribution in [0.15, 0.2) is 12.1 Å². The predicted octanol–water partition coefficient (Wildman–Crippen LogP) is 1.87. The molecule has 1 aromatic carbocycles. The molecule has 1 aliphatic rings. The number of benzene rings is 1. The lowest BCUT2D eigenvalue weighted by atomic mass is 9.97. The van der Waals surface area contributed by atoms with Crippen molar-refractivity contribution in [3.05, 3.63) is 34.4 Å². The zero-order chi connectivity index (χ0) is 15.1. The number of aryl methyl sites for hydroxylation is 3. The van der Waals surface area contributed by atoms with E-state index >= 15 is 0 Å². The van der Waals surface area contributed by atoms with Crippen LogP contribution < -0.4 is 0 Å². The molecular formula is C15H21NO3S. The molecular weight excluding hydrogens is 274 g/mol. The lowest BCUT2D eigenvalue weighted by Gasteiger charge is -2.39. The van der Waals surface area contributed by atoms with Gasteiger partial charge in [-0.3, -0.25) is 4.79 Å². The lowest BCUT2D eigenvalue weighted by molar-refractivity contribution is 0.0657. The van der Waals surface area contributed by atoms with Crippen LogP contribution in [0.1, 0.15) is 34.0 Å². The third-order valence-corrected chi connectivity index (χ3v) is 6.06. The molecule has 5 heteroatoms. The van der Waals surface area contributed by atoms with Crippen LogP contribution in [-0.4, -0.2) is 43.3 Å².